The molecule has 0 radical (unpaired) electrons. The van der Waals surface area contributed by atoms with E-state index >= 15 is 0 Å². The van der Waals surface area contributed by atoms with E-state index < -0.39 is 11.3 Å². The van der Waals surface area contributed by atoms with E-state index in [9.17, 15) is 9.59 Å². The summed E-state index contributed by atoms with van der Waals surface area (Å²) < 4.78 is 1.69. The van der Waals surface area contributed by atoms with Crippen molar-refractivity contribution in [3.8, 4) is 5.69 Å². The molecule has 0 saturated heterocycles. The molecular formula is C15H11N3O2. The molecule has 2 aromatic heterocycles. The van der Waals surface area contributed by atoms with Gasteiger partial charge in [-0.1, -0.05) is 18.2 Å². The molecule has 3 rings (SSSR count). The van der Waals surface area contributed by atoms with Crippen molar-refractivity contribution in [3.63, 3.8) is 0 Å². The maximum Gasteiger partial charge on any atom is 0.254 e. The van der Waals surface area contributed by atoms with Gasteiger partial charge in [0, 0.05) is 18.1 Å². The fourth-order valence-corrected chi connectivity index (χ4v) is 2.12. The highest BCUT2D eigenvalue weighted by atomic mass is 16.2. The smallest absolute Gasteiger partial charge is 0.254 e. The predicted octanol–water partition coefficient (Wildman–Crippen LogP) is 1.48. The highest BCUT2D eigenvalue weighted by Crippen LogP contribution is 2.15. The van der Waals surface area contributed by atoms with Crippen molar-refractivity contribution in [3.05, 3.63) is 70.6 Å². The lowest BCUT2D eigenvalue weighted by atomic mass is 10.1. The van der Waals surface area contributed by atoms with Gasteiger partial charge < -0.3 is 10.3 Å². The molecule has 20 heavy (non-hydrogen) atoms. The van der Waals surface area contributed by atoms with Gasteiger partial charge in [-0.25, -0.2) is 4.98 Å². The Bertz CT molecular complexity index is 854. The summed E-state index contributed by atoms with van der Waals surface area (Å²) in [4.78, 5) is 27.9. The Balaban J connectivity index is 2.46. The average molecular weight is 265 g/mol. The molecule has 0 aliphatic rings. The highest BCUT2D eigenvalue weighted by Gasteiger charge is 2.14. The Morgan fingerprint density at radius 2 is 1.85 bits per heavy atom. The molecule has 0 bridgehead atoms. The first-order chi connectivity index (χ1) is 9.68. The molecule has 98 valence electrons. The van der Waals surface area contributed by atoms with Crippen LogP contribution < -0.4 is 11.2 Å². The molecule has 0 aliphatic carbocycles. The minimum atomic E-state index is -0.745. The van der Waals surface area contributed by atoms with Gasteiger partial charge in [-0.15, -0.1) is 0 Å². The standard InChI is InChI=1S/C15H11N3O2/c16-14(20)12-9-18(10-5-2-1-3-6-10)15-11(13(12)19)7-4-8-17-15/h1-9H,(H2,16,20). The number of hydrogen-bond donors (Lipinski definition) is 1. The maximum absolute atomic E-state index is 12.2. The maximum atomic E-state index is 12.2. The molecule has 5 nitrogen and oxygen atoms in total. The second-order valence-corrected chi connectivity index (χ2v) is 4.32. The van der Waals surface area contributed by atoms with Crippen molar-refractivity contribution in [2.24, 2.45) is 5.73 Å². The van der Waals surface area contributed by atoms with E-state index in [2.05, 4.69) is 4.98 Å². The second kappa shape index (κ2) is 4.62. The van der Waals surface area contributed by atoms with Crippen LogP contribution >= 0.6 is 0 Å². The monoisotopic (exact) mass is 265 g/mol. The lowest BCUT2D eigenvalue weighted by Crippen LogP contribution is -2.24. The molecule has 2 heterocycles. The zero-order valence-electron chi connectivity index (χ0n) is 10.5. The summed E-state index contributed by atoms with van der Waals surface area (Å²) in [6.07, 6.45) is 3.04. The largest absolute Gasteiger partial charge is 0.365 e. The van der Waals surface area contributed by atoms with Crippen molar-refractivity contribution in [1.29, 1.82) is 0 Å². The summed E-state index contributed by atoms with van der Waals surface area (Å²) in [6, 6.07) is 12.6. The molecule has 1 amide bonds. The molecule has 1 aromatic carbocycles. The zero-order valence-corrected chi connectivity index (χ0v) is 10.5. The lowest BCUT2D eigenvalue weighted by Gasteiger charge is -2.11. The average Bonchev–Trinajstić information content (AvgIpc) is 2.48. The van der Waals surface area contributed by atoms with Gasteiger partial charge in [0.05, 0.1) is 5.39 Å². The first-order valence-electron chi connectivity index (χ1n) is 6.04. The first kappa shape index (κ1) is 12.1. The first-order valence-corrected chi connectivity index (χ1v) is 6.04. The molecule has 0 aliphatic heterocycles. The third kappa shape index (κ3) is 1.85. The Morgan fingerprint density at radius 1 is 1.10 bits per heavy atom. The van der Waals surface area contributed by atoms with Crippen LogP contribution in [0.1, 0.15) is 10.4 Å². The Labute approximate surface area is 114 Å². The minimum absolute atomic E-state index is 0.0469. The van der Waals surface area contributed by atoms with Crippen molar-refractivity contribution in [1.82, 2.24) is 9.55 Å². The molecule has 0 fully saturated rings. The van der Waals surface area contributed by atoms with E-state index in [0.717, 1.165) is 5.69 Å². The SMILES string of the molecule is NC(=O)c1cn(-c2ccccc2)c2ncccc2c1=O. The number of aromatic nitrogens is 2. The van der Waals surface area contributed by atoms with E-state index in [1.165, 1.54) is 6.20 Å². The van der Waals surface area contributed by atoms with Crippen LogP contribution in [0.3, 0.4) is 0 Å². The van der Waals surface area contributed by atoms with Gasteiger partial charge in [0.2, 0.25) is 5.43 Å². The molecule has 0 saturated carbocycles. The molecule has 2 N–H and O–H groups in total. The second-order valence-electron chi connectivity index (χ2n) is 4.32. The molecule has 3 aromatic rings. The lowest BCUT2D eigenvalue weighted by molar-refractivity contribution is 0.0999. The van der Waals surface area contributed by atoms with Gasteiger partial charge in [0.15, 0.2) is 0 Å². The number of amides is 1. The zero-order chi connectivity index (χ0) is 14.1. The number of pyridine rings is 2. The predicted molar refractivity (Wildman–Crippen MR) is 75.9 cm³/mol. The third-order valence-electron chi connectivity index (χ3n) is 3.06. The summed E-state index contributed by atoms with van der Waals surface area (Å²) in [5.41, 5.74) is 6.14. The molecule has 0 unspecified atom stereocenters. The van der Waals surface area contributed by atoms with Crippen molar-refractivity contribution >= 4 is 16.9 Å². The van der Waals surface area contributed by atoms with E-state index in [1.54, 1.807) is 22.9 Å². The summed E-state index contributed by atoms with van der Waals surface area (Å²) in [5.74, 6) is -0.745. The molecular weight excluding hydrogens is 254 g/mol. The van der Waals surface area contributed by atoms with E-state index in [4.69, 9.17) is 5.73 Å². The van der Waals surface area contributed by atoms with Crippen LogP contribution in [0, 0.1) is 0 Å². The number of nitrogens with zero attached hydrogens (tertiary/aromatic N) is 2. The van der Waals surface area contributed by atoms with Gasteiger partial charge in [-0.3, -0.25) is 9.59 Å². The Morgan fingerprint density at radius 3 is 2.55 bits per heavy atom. The number of carbonyl (C=O) groups excluding carboxylic acids is 1. The van der Waals surface area contributed by atoms with Crippen LogP contribution in [0.5, 0.6) is 0 Å². The fourth-order valence-electron chi connectivity index (χ4n) is 2.12. The van der Waals surface area contributed by atoms with Crippen LogP contribution in [0.15, 0.2) is 59.7 Å². The van der Waals surface area contributed by atoms with E-state index in [0.29, 0.717) is 11.0 Å². The number of hydrogen-bond acceptors (Lipinski definition) is 3. The quantitative estimate of drug-likeness (QED) is 0.762. The highest BCUT2D eigenvalue weighted by molar-refractivity contribution is 5.96. The molecule has 0 atom stereocenters. The van der Waals surface area contributed by atoms with Gasteiger partial charge in [-0.05, 0) is 24.3 Å². The summed E-state index contributed by atoms with van der Waals surface area (Å²) in [5, 5.41) is 0.368. The fraction of sp³-hybridized carbons (Fsp3) is 0. The third-order valence-corrected chi connectivity index (χ3v) is 3.06. The number of benzene rings is 1. The molecule has 5 heteroatoms. The van der Waals surface area contributed by atoms with Gasteiger partial charge in [0.1, 0.15) is 11.2 Å². The summed E-state index contributed by atoms with van der Waals surface area (Å²) in [6.45, 7) is 0. The van der Waals surface area contributed by atoms with Crippen molar-refractivity contribution in [2.75, 3.05) is 0 Å². The van der Waals surface area contributed by atoms with Crippen LogP contribution in [0.4, 0.5) is 0 Å². The van der Waals surface area contributed by atoms with Gasteiger partial charge in [-0.2, -0.15) is 0 Å². The van der Waals surface area contributed by atoms with Crippen LogP contribution in [0.25, 0.3) is 16.7 Å². The number of primary amides is 1. The van der Waals surface area contributed by atoms with E-state index in [-0.39, 0.29) is 5.56 Å². The van der Waals surface area contributed by atoms with Crippen molar-refractivity contribution < 1.29 is 4.79 Å². The summed E-state index contributed by atoms with van der Waals surface area (Å²) >= 11 is 0. The number of para-hydroxylation sites is 1. The topological polar surface area (TPSA) is 78.0 Å². The number of fused-ring (bicyclic) bond motifs is 1. The van der Waals surface area contributed by atoms with Crippen LogP contribution in [-0.2, 0) is 0 Å². The van der Waals surface area contributed by atoms with Gasteiger partial charge >= 0.3 is 0 Å². The van der Waals surface area contributed by atoms with Crippen molar-refractivity contribution in [2.45, 2.75) is 0 Å². The number of carbonyl (C=O) groups is 1. The number of rotatable bonds is 2. The molecule has 0 spiro atoms. The Hall–Kier alpha value is -2.95. The normalized spacial score (nSPS) is 10.6. The van der Waals surface area contributed by atoms with Gasteiger partial charge in [0.25, 0.3) is 5.91 Å². The summed E-state index contributed by atoms with van der Waals surface area (Å²) in [7, 11) is 0. The number of nitrogens with two attached hydrogens (primary N) is 1. The van der Waals surface area contributed by atoms with E-state index in [1.807, 2.05) is 30.3 Å². The van der Waals surface area contributed by atoms with Crippen LogP contribution in [0.2, 0.25) is 0 Å². The Kier molecular flexibility index (Phi) is 2.80. The minimum Gasteiger partial charge on any atom is -0.365 e. The van der Waals surface area contributed by atoms with Crippen LogP contribution in [-0.4, -0.2) is 15.5 Å².